The number of rotatable bonds is 7. The van der Waals surface area contributed by atoms with Crippen molar-refractivity contribution in [2.24, 2.45) is 0 Å². The van der Waals surface area contributed by atoms with Crippen LogP contribution in [0.2, 0.25) is 0 Å². The molecule has 0 radical (unpaired) electrons. The molecule has 2 heterocycles. The van der Waals surface area contributed by atoms with E-state index in [1.54, 1.807) is 19.2 Å². The molecule has 7 nitrogen and oxygen atoms in total. The minimum atomic E-state index is -0.277. The lowest BCUT2D eigenvalue weighted by Crippen LogP contribution is -2.41. The first-order chi connectivity index (χ1) is 17.5. The lowest BCUT2D eigenvalue weighted by atomic mass is 9.94. The van der Waals surface area contributed by atoms with Gasteiger partial charge in [0.25, 0.3) is 11.8 Å². The molecule has 3 amide bonds. The molecule has 0 atom stereocenters. The second-order valence-electron chi connectivity index (χ2n) is 9.43. The third-order valence-corrected chi connectivity index (χ3v) is 7.13. The fraction of sp³-hybridized carbons (Fsp3) is 0.345. The van der Waals surface area contributed by atoms with E-state index in [1.165, 1.54) is 10.5 Å². The van der Waals surface area contributed by atoms with E-state index in [0.29, 0.717) is 30.5 Å². The van der Waals surface area contributed by atoms with Crippen molar-refractivity contribution in [3.05, 3.63) is 77.4 Å². The third kappa shape index (κ3) is 4.84. The van der Waals surface area contributed by atoms with Gasteiger partial charge in [-0.1, -0.05) is 36.4 Å². The van der Waals surface area contributed by atoms with Crippen LogP contribution in [0.3, 0.4) is 0 Å². The lowest BCUT2D eigenvalue weighted by molar-refractivity contribution is -0.131. The Morgan fingerprint density at radius 3 is 2.22 bits per heavy atom. The summed E-state index contributed by atoms with van der Waals surface area (Å²) >= 11 is 0. The Balaban J connectivity index is 1.14. The molecule has 5 rings (SSSR count). The molecule has 0 bridgehead atoms. The van der Waals surface area contributed by atoms with Crippen LogP contribution in [0.25, 0.3) is 10.8 Å². The summed E-state index contributed by atoms with van der Waals surface area (Å²) in [4.78, 5) is 44.6. The smallest absolute Gasteiger partial charge is 0.261 e. The highest BCUT2D eigenvalue weighted by Crippen LogP contribution is 2.30. The molecule has 0 unspecified atom stereocenters. The summed E-state index contributed by atoms with van der Waals surface area (Å²) in [7, 11) is 1.66. The Morgan fingerprint density at radius 2 is 1.56 bits per heavy atom. The van der Waals surface area contributed by atoms with E-state index >= 15 is 0 Å². The largest absolute Gasteiger partial charge is 0.497 e. The number of hydrogen-bond acceptors (Lipinski definition) is 5. The number of carbonyl (C=O) groups is 3. The summed E-state index contributed by atoms with van der Waals surface area (Å²) in [6.45, 7) is 4.27. The highest BCUT2D eigenvalue weighted by Gasteiger charge is 2.32. The molecule has 3 aromatic rings. The van der Waals surface area contributed by atoms with Crippen LogP contribution in [0.4, 0.5) is 0 Å². The second kappa shape index (κ2) is 10.5. The Morgan fingerprint density at radius 1 is 0.861 bits per heavy atom. The Hall–Kier alpha value is -3.71. The van der Waals surface area contributed by atoms with E-state index in [4.69, 9.17) is 4.74 Å². The number of methoxy groups -OCH3 is 1. The molecule has 36 heavy (non-hydrogen) atoms. The summed E-state index contributed by atoms with van der Waals surface area (Å²) in [5, 5.41) is 1.62. The van der Waals surface area contributed by atoms with Crippen LogP contribution in [-0.2, 0) is 11.3 Å². The summed E-state index contributed by atoms with van der Waals surface area (Å²) in [5.74, 6) is 0.378. The molecule has 0 spiro atoms. The normalized spacial score (nSPS) is 16.4. The van der Waals surface area contributed by atoms with Crippen molar-refractivity contribution in [3.63, 3.8) is 0 Å². The zero-order valence-electron chi connectivity index (χ0n) is 20.6. The number of imide groups is 1. The monoisotopic (exact) mass is 485 g/mol. The molecule has 1 fully saturated rings. The van der Waals surface area contributed by atoms with Crippen LogP contribution in [0.5, 0.6) is 5.75 Å². The van der Waals surface area contributed by atoms with Gasteiger partial charge in [-0.25, -0.2) is 0 Å². The number of amides is 3. The number of nitrogens with zero attached hydrogens (tertiary/aromatic N) is 3. The lowest BCUT2D eigenvalue weighted by Gasteiger charge is -2.27. The second-order valence-corrected chi connectivity index (χ2v) is 9.43. The fourth-order valence-electron chi connectivity index (χ4n) is 5.20. The van der Waals surface area contributed by atoms with E-state index in [9.17, 15) is 14.4 Å². The number of benzene rings is 3. The van der Waals surface area contributed by atoms with E-state index in [-0.39, 0.29) is 24.3 Å². The predicted octanol–water partition coefficient (Wildman–Crippen LogP) is 3.96. The molecular weight excluding hydrogens is 454 g/mol. The predicted molar refractivity (Wildman–Crippen MR) is 138 cm³/mol. The highest BCUT2D eigenvalue weighted by atomic mass is 16.5. The van der Waals surface area contributed by atoms with Gasteiger partial charge in [-0.05, 0) is 48.1 Å². The molecule has 0 aliphatic carbocycles. The SMILES string of the molecule is COc1ccc(CN2CCCN(C(=O)CCCN3C(=O)c4cccc5cccc(c45)C3=O)CC2)cc1. The standard InChI is InChI=1S/C29H31N3O4/c1-36-23-13-11-21(12-14-23)20-30-15-5-16-31(19-18-30)26(33)10-4-17-32-28(34)24-8-2-6-22-7-3-9-25(27(22)24)29(32)35/h2-3,6-9,11-14H,4-5,10,15-20H2,1H3. The first-order valence-corrected chi connectivity index (χ1v) is 12.6. The average Bonchev–Trinajstić information content (AvgIpc) is 3.15. The molecule has 2 aliphatic rings. The van der Waals surface area contributed by atoms with Gasteiger partial charge < -0.3 is 9.64 Å². The fourth-order valence-corrected chi connectivity index (χ4v) is 5.20. The van der Waals surface area contributed by atoms with E-state index < -0.39 is 0 Å². The topological polar surface area (TPSA) is 70.2 Å². The number of hydrogen-bond donors (Lipinski definition) is 0. The van der Waals surface area contributed by atoms with Gasteiger partial charge in [0.1, 0.15) is 5.75 Å². The summed E-state index contributed by atoms with van der Waals surface area (Å²) < 4.78 is 5.23. The van der Waals surface area contributed by atoms with Crippen LogP contribution >= 0.6 is 0 Å². The molecule has 2 aliphatic heterocycles. The van der Waals surface area contributed by atoms with Crippen molar-refractivity contribution in [1.29, 1.82) is 0 Å². The molecular formula is C29H31N3O4. The van der Waals surface area contributed by atoms with Crippen molar-refractivity contribution in [2.45, 2.75) is 25.8 Å². The van der Waals surface area contributed by atoms with Gasteiger partial charge in [0, 0.05) is 62.2 Å². The average molecular weight is 486 g/mol. The Kier molecular flexibility index (Phi) is 7.00. The van der Waals surface area contributed by atoms with Gasteiger partial charge >= 0.3 is 0 Å². The Labute approximate surface area is 211 Å². The van der Waals surface area contributed by atoms with Crippen LogP contribution in [-0.4, -0.2) is 72.3 Å². The first-order valence-electron chi connectivity index (χ1n) is 12.6. The van der Waals surface area contributed by atoms with Gasteiger partial charge in [-0.15, -0.1) is 0 Å². The van der Waals surface area contributed by atoms with Crippen molar-refractivity contribution in [1.82, 2.24) is 14.7 Å². The van der Waals surface area contributed by atoms with Gasteiger partial charge in [0.2, 0.25) is 5.91 Å². The van der Waals surface area contributed by atoms with Crippen molar-refractivity contribution < 1.29 is 19.1 Å². The van der Waals surface area contributed by atoms with E-state index in [2.05, 4.69) is 17.0 Å². The Bertz CT molecular complexity index is 1240. The molecule has 3 aromatic carbocycles. The van der Waals surface area contributed by atoms with Gasteiger partial charge in [0.05, 0.1) is 7.11 Å². The molecule has 186 valence electrons. The van der Waals surface area contributed by atoms with Crippen LogP contribution in [0, 0.1) is 0 Å². The highest BCUT2D eigenvalue weighted by molar-refractivity contribution is 6.25. The maximum absolute atomic E-state index is 13.1. The van der Waals surface area contributed by atoms with Crippen molar-refractivity contribution in [2.75, 3.05) is 39.8 Å². The van der Waals surface area contributed by atoms with Gasteiger partial charge in [0.15, 0.2) is 0 Å². The van der Waals surface area contributed by atoms with E-state index in [0.717, 1.165) is 49.1 Å². The van der Waals surface area contributed by atoms with Gasteiger partial charge in [-0.2, -0.15) is 0 Å². The quantitative estimate of drug-likeness (QED) is 0.474. The summed E-state index contributed by atoms with van der Waals surface area (Å²) in [6.07, 6.45) is 1.70. The summed E-state index contributed by atoms with van der Waals surface area (Å²) in [5.41, 5.74) is 2.33. The van der Waals surface area contributed by atoms with Crippen LogP contribution in [0.15, 0.2) is 60.7 Å². The summed E-state index contributed by atoms with van der Waals surface area (Å²) in [6, 6.07) is 19.2. The minimum absolute atomic E-state index is 0.0840. The maximum atomic E-state index is 13.1. The maximum Gasteiger partial charge on any atom is 0.261 e. The van der Waals surface area contributed by atoms with Crippen LogP contribution in [0.1, 0.15) is 45.5 Å². The van der Waals surface area contributed by atoms with Gasteiger partial charge in [-0.3, -0.25) is 24.2 Å². The number of carbonyl (C=O) groups excluding carboxylic acids is 3. The first kappa shape index (κ1) is 24.0. The van der Waals surface area contributed by atoms with Crippen LogP contribution < -0.4 is 4.74 Å². The molecule has 1 saturated heterocycles. The molecule has 0 aromatic heterocycles. The zero-order valence-corrected chi connectivity index (χ0v) is 20.6. The minimum Gasteiger partial charge on any atom is -0.497 e. The van der Waals surface area contributed by atoms with E-state index in [1.807, 2.05) is 41.3 Å². The number of ether oxygens (including phenoxy) is 1. The molecule has 0 N–H and O–H groups in total. The molecule has 0 saturated carbocycles. The molecule has 7 heteroatoms. The zero-order chi connectivity index (χ0) is 25.1. The third-order valence-electron chi connectivity index (χ3n) is 7.13. The van der Waals surface area contributed by atoms with Crippen molar-refractivity contribution in [3.8, 4) is 5.75 Å². The van der Waals surface area contributed by atoms with Crippen molar-refractivity contribution >= 4 is 28.5 Å².